The molecule has 2 heterocycles. The summed E-state index contributed by atoms with van der Waals surface area (Å²) in [6.45, 7) is 0. The molecule has 0 aliphatic heterocycles. The van der Waals surface area contributed by atoms with E-state index in [1.54, 1.807) is 0 Å². The van der Waals surface area contributed by atoms with Gasteiger partial charge in [-0.1, -0.05) is 0 Å². The smallest absolute Gasteiger partial charge is 0.179 e. The van der Waals surface area contributed by atoms with Gasteiger partial charge in [-0.05, 0) is 71.7 Å². The summed E-state index contributed by atoms with van der Waals surface area (Å²) in [7, 11) is 0. The Kier molecular flexibility index (Phi) is 2.42. The molecule has 2 aliphatic carbocycles. The molecule has 18 heavy (non-hydrogen) atoms. The zero-order chi connectivity index (χ0) is 12.3. The average Bonchev–Trinajstić information content (AvgIpc) is 3.21. The number of nitrogens with one attached hydrogen (secondary N) is 1. The molecule has 94 valence electrons. The highest BCUT2D eigenvalue weighted by Gasteiger charge is 2.43. The highest BCUT2D eigenvalue weighted by molar-refractivity contribution is 9.10. The van der Waals surface area contributed by atoms with Gasteiger partial charge in [0.15, 0.2) is 10.4 Å². The fourth-order valence-electron chi connectivity index (χ4n) is 2.95. The van der Waals surface area contributed by atoms with Gasteiger partial charge in [0, 0.05) is 16.7 Å². The van der Waals surface area contributed by atoms with E-state index in [2.05, 4.69) is 36.5 Å². The summed E-state index contributed by atoms with van der Waals surface area (Å²) in [5.74, 6) is 1.65. The summed E-state index contributed by atoms with van der Waals surface area (Å²) in [6.07, 6.45) is 7.27. The molecule has 5 heteroatoms. The first kappa shape index (κ1) is 11.2. The fraction of sp³-hybridized carbons (Fsp3) is 0.538. The molecule has 0 amide bonds. The lowest BCUT2D eigenvalue weighted by Gasteiger charge is -2.17. The molecule has 0 spiro atoms. The number of aromatic amines is 1. The van der Waals surface area contributed by atoms with Gasteiger partial charge in [-0.15, -0.1) is 0 Å². The summed E-state index contributed by atoms with van der Waals surface area (Å²) in [5.41, 5.74) is 2.06. The van der Waals surface area contributed by atoms with E-state index in [1.165, 1.54) is 25.7 Å². The van der Waals surface area contributed by atoms with Gasteiger partial charge in [0.05, 0.1) is 5.52 Å². The molecule has 1 N–H and O–H groups in total. The first-order valence-electron chi connectivity index (χ1n) is 6.50. The van der Waals surface area contributed by atoms with E-state index in [4.69, 9.17) is 12.2 Å². The van der Waals surface area contributed by atoms with E-state index in [0.29, 0.717) is 6.04 Å². The van der Waals surface area contributed by atoms with Crippen molar-refractivity contribution < 1.29 is 0 Å². The van der Waals surface area contributed by atoms with Gasteiger partial charge in [0.2, 0.25) is 0 Å². The third-order valence-corrected chi connectivity index (χ3v) is 4.76. The number of nitrogens with zero attached hydrogens (tertiary/aromatic N) is 2. The molecule has 0 bridgehead atoms. The largest absolute Gasteiger partial charge is 0.329 e. The lowest BCUT2D eigenvalue weighted by atomic mass is 10.1. The number of H-pyrrole nitrogens is 1. The molecule has 0 radical (unpaired) electrons. The number of aromatic nitrogens is 3. The van der Waals surface area contributed by atoms with E-state index >= 15 is 0 Å². The van der Waals surface area contributed by atoms with Crippen molar-refractivity contribution in [2.24, 2.45) is 11.8 Å². The second-order valence-corrected chi connectivity index (χ2v) is 6.79. The van der Waals surface area contributed by atoms with E-state index in [1.807, 2.05) is 6.20 Å². The molecule has 2 saturated carbocycles. The molecule has 3 nitrogen and oxygen atoms in total. The number of fused-ring (bicyclic) bond motifs is 1. The van der Waals surface area contributed by atoms with Crippen molar-refractivity contribution in [2.75, 3.05) is 0 Å². The number of hydrogen-bond acceptors (Lipinski definition) is 2. The Morgan fingerprint density at radius 1 is 1.33 bits per heavy atom. The highest BCUT2D eigenvalue weighted by atomic mass is 79.9. The van der Waals surface area contributed by atoms with Crippen molar-refractivity contribution in [3.05, 3.63) is 21.5 Å². The highest BCUT2D eigenvalue weighted by Crippen LogP contribution is 2.52. The lowest BCUT2D eigenvalue weighted by Crippen LogP contribution is -2.14. The maximum Gasteiger partial charge on any atom is 0.179 e. The first-order chi connectivity index (χ1) is 8.74. The molecule has 4 rings (SSSR count). The average molecular weight is 324 g/mol. The monoisotopic (exact) mass is 323 g/mol. The van der Waals surface area contributed by atoms with Crippen LogP contribution >= 0.6 is 28.1 Å². The van der Waals surface area contributed by atoms with Crippen LogP contribution in [0.2, 0.25) is 0 Å². The molecule has 0 aromatic carbocycles. The Morgan fingerprint density at radius 2 is 2.00 bits per heavy atom. The van der Waals surface area contributed by atoms with Crippen molar-refractivity contribution in [1.29, 1.82) is 0 Å². The van der Waals surface area contributed by atoms with Crippen LogP contribution in [0.1, 0.15) is 31.7 Å². The Hall–Kier alpha value is -0.680. The zero-order valence-corrected chi connectivity index (χ0v) is 12.3. The minimum absolute atomic E-state index is 0.583. The molecular formula is C13H14BrN3S. The Morgan fingerprint density at radius 3 is 2.61 bits per heavy atom. The van der Waals surface area contributed by atoms with Crippen LogP contribution in [-0.4, -0.2) is 14.5 Å². The lowest BCUT2D eigenvalue weighted by molar-refractivity contribution is 0.398. The van der Waals surface area contributed by atoms with E-state index in [0.717, 1.165) is 32.2 Å². The summed E-state index contributed by atoms with van der Waals surface area (Å²) >= 11 is 8.98. The van der Waals surface area contributed by atoms with Crippen LogP contribution in [0.5, 0.6) is 0 Å². The quantitative estimate of drug-likeness (QED) is 0.858. The van der Waals surface area contributed by atoms with Crippen LogP contribution in [0.15, 0.2) is 16.7 Å². The summed E-state index contributed by atoms with van der Waals surface area (Å²) < 4.78 is 4.11. The molecule has 2 aromatic heterocycles. The molecule has 2 aromatic rings. The van der Waals surface area contributed by atoms with Gasteiger partial charge in [-0.3, -0.25) is 4.57 Å². The maximum absolute atomic E-state index is 5.52. The molecule has 0 unspecified atom stereocenters. The summed E-state index contributed by atoms with van der Waals surface area (Å²) in [6, 6.07) is 2.64. The molecule has 0 atom stereocenters. The Bertz CT molecular complexity index is 654. The molecule has 2 aliphatic rings. The SMILES string of the molecule is S=c1[nH]c2cc(Br)cnc2n1C(C1CC1)C1CC1. The van der Waals surface area contributed by atoms with Crippen molar-refractivity contribution in [1.82, 2.24) is 14.5 Å². The van der Waals surface area contributed by atoms with Crippen molar-refractivity contribution in [3.63, 3.8) is 0 Å². The number of imidazole rings is 1. The minimum Gasteiger partial charge on any atom is -0.329 e. The summed E-state index contributed by atoms with van der Waals surface area (Å²) in [5, 5.41) is 0. The molecule has 0 saturated heterocycles. The van der Waals surface area contributed by atoms with E-state index < -0.39 is 0 Å². The third kappa shape index (κ3) is 1.75. The van der Waals surface area contributed by atoms with Gasteiger partial charge in [0.25, 0.3) is 0 Å². The van der Waals surface area contributed by atoms with Crippen molar-refractivity contribution in [2.45, 2.75) is 31.7 Å². The number of pyridine rings is 1. The Labute approximate surface area is 119 Å². The van der Waals surface area contributed by atoms with Crippen LogP contribution in [0.4, 0.5) is 0 Å². The first-order valence-corrected chi connectivity index (χ1v) is 7.70. The summed E-state index contributed by atoms with van der Waals surface area (Å²) in [4.78, 5) is 7.86. The van der Waals surface area contributed by atoms with Crippen LogP contribution < -0.4 is 0 Å². The van der Waals surface area contributed by atoms with Crippen LogP contribution in [0, 0.1) is 16.6 Å². The van der Waals surface area contributed by atoms with Crippen LogP contribution in [-0.2, 0) is 0 Å². The molecular weight excluding hydrogens is 310 g/mol. The van der Waals surface area contributed by atoms with E-state index in [9.17, 15) is 0 Å². The fourth-order valence-corrected chi connectivity index (χ4v) is 3.60. The van der Waals surface area contributed by atoms with Gasteiger partial charge in [0.1, 0.15) is 0 Å². The number of hydrogen-bond donors (Lipinski definition) is 1. The van der Waals surface area contributed by atoms with Gasteiger partial charge < -0.3 is 4.98 Å². The zero-order valence-electron chi connectivity index (χ0n) is 9.90. The van der Waals surface area contributed by atoms with Crippen LogP contribution in [0.3, 0.4) is 0 Å². The maximum atomic E-state index is 5.52. The number of rotatable bonds is 3. The third-order valence-electron chi connectivity index (χ3n) is 4.03. The normalized spacial score (nSPS) is 19.9. The van der Waals surface area contributed by atoms with E-state index in [-0.39, 0.29) is 0 Å². The second-order valence-electron chi connectivity index (χ2n) is 5.49. The topological polar surface area (TPSA) is 33.6 Å². The predicted octanol–water partition coefficient (Wildman–Crippen LogP) is 4.22. The predicted molar refractivity (Wildman–Crippen MR) is 77.1 cm³/mol. The van der Waals surface area contributed by atoms with Crippen molar-refractivity contribution in [3.8, 4) is 0 Å². The van der Waals surface area contributed by atoms with Crippen molar-refractivity contribution >= 4 is 39.3 Å². The molecule has 2 fully saturated rings. The Balaban J connectivity index is 1.92. The van der Waals surface area contributed by atoms with Crippen LogP contribution in [0.25, 0.3) is 11.2 Å². The minimum atomic E-state index is 0.583. The van der Waals surface area contributed by atoms with Gasteiger partial charge in [-0.2, -0.15) is 0 Å². The standard InChI is InChI=1S/C13H14BrN3S/c14-9-5-10-12(15-6-9)17(13(18)16-10)11(7-1-2-7)8-3-4-8/h5-8,11H,1-4H2,(H,16,18). The van der Waals surface area contributed by atoms with Gasteiger partial charge >= 0.3 is 0 Å². The number of halogens is 1. The van der Waals surface area contributed by atoms with Gasteiger partial charge in [-0.25, -0.2) is 4.98 Å². The second kappa shape index (κ2) is 3.90.